The average molecular weight is 346 g/mol. The van der Waals surface area contributed by atoms with Gasteiger partial charge in [-0.1, -0.05) is 45.0 Å². The topological polar surface area (TPSA) is 45.2 Å². The molecule has 1 N–H and O–H groups in total. The minimum atomic E-state index is -0.0343. The third-order valence-corrected chi connectivity index (χ3v) is 5.41. The fourth-order valence-corrected chi connectivity index (χ4v) is 3.38. The van der Waals surface area contributed by atoms with Crippen LogP contribution < -0.4 is 5.32 Å². The second kappa shape index (κ2) is 8.40. The van der Waals surface area contributed by atoms with Crippen molar-refractivity contribution in [3.8, 4) is 0 Å². The quantitative estimate of drug-likeness (QED) is 0.826. The van der Waals surface area contributed by atoms with Crippen LogP contribution in [0.4, 0.5) is 0 Å². The van der Waals surface area contributed by atoms with E-state index in [4.69, 9.17) is 0 Å². The van der Waals surface area contributed by atoms with Crippen molar-refractivity contribution in [2.24, 2.45) is 0 Å². The van der Waals surface area contributed by atoms with Gasteiger partial charge in [-0.05, 0) is 31.6 Å². The molecule has 130 valence electrons. The molecule has 1 aromatic heterocycles. The second-order valence-electron chi connectivity index (χ2n) is 6.45. The van der Waals surface area contributed by atoms with Crippen molar-refractivity contribution in [3.05, 3.63) is 51.0 Å². The van der Waals surface area contributed by atoms with E-state index in [0.717, 1.165) is 34.2 Å². The van der Waals surface area contributed by atoms with Crippen LogP contribution in [0.1, 0.15) is 58.2 Å². The number of nitrogens with one attached hydrogen (secondary N) is 1. The molecule has 0 aliphatic rings. The van der Waals surface area contributed by atoms with Gasteiger partial charge in [0.15, 0.2) is 0 Å². The van der Waals surface area contributed by atoms with Gasteiger partial charge in [-0.3, -0.25) is 4.79 Å². The van der Waals surface area contributed by atoms with Gasteiger partial charge in [-0.2, -0.15) is 0 Å². The van der Waals surface area contributed by atoms with Crippen LogP contribution >= 0.6 is 11.3 Å². The van der Waals surface area contributed by atoms with Gasteiger partial charge >= 0.3 is 0 Å². The number of aromatic nitrogens is 1. The molecule has 2 aromatic rings. The number of nitrogens with zero attached hydrogens (tertiary/aromatic N) is 2. The van der Waals surface area contributed by atoms with E-state index in [2.05, 4.69) is 67.3 Å². The van der Waals surface area contributed by atoms with Gasteiger partial charge in [0.05, 0.1) is 10.7 Å². The van der Waals surface area contributed by atoms with E-state index in [1.165, 1.54) is 16.9 Å². The minimum Gasteiger partial charge on any atom is -0.347 e. The maximum atomic E-state index is 12.4. The molecule has 1 amide bonds. The van der Waals surface area contributed by atoms with Crippen LogP contribution in [0.15, 0.2) is 24.3 Å². The lowest BCUT2D eigenvalue weighted by atomic mass is 10.1. The molecular formula is C19H27N3OS. The molecule has 0 unspecified atom stereocenters. The highest BCUT2D eigenvalue weighted by molar-refractivity contribution is 7.13. The maximum Gasteiger partial charge on any atom is 0.263 e. The number of benzene rings is 1. The molecule has 0 fully saturated rings. The lowest BCUT2D eigenvalue weighted by Gasteiger charge is -2.14. The summed E-state index contributed by atoms with van der Waals surface area (Å²) >= 11 is 1.50. The largest absolute Gasteiger partial charge is 0.347 e. The summed E-state index contributed by atoms with van der Waals surface area (Å²) in [5.41, 5.74) is 3.21. The smallest absolute Gasteiger partial charge is 0.263 e. The standard InChI is InChI=1S/C19H27N3OS/c1-6-22(5)12-16-9-7-8-15(10-16)11-20-18(23)17-14(4)21-19(24-17)13(2)3/h7-10,13H,6,11-12H2,1-5H3,(H,20,23). The van der Waals surface area contributed by atoms with E-state index in [1.54, 1.807) is 0 Å². The Morgan fingerprint density at radius 1 is 1.33 bits per heavy atom. The van der Waals surface area contributed by atoms with Crippen LogP contribution in [0.25, 0.3) is 0 Å². The van der Waals surface area contributed by atoms with Crippen LogP contribution in [0.5, 0.6) is 0 Å². The van der Waals surface area contributed by atoms with Crippen LogP contribution in [0, 0.1) is 6.92 Å². The Morgan fingerprint density at radius 3 is 2.67 bits per heavy atom. The summed E-state index contributed by atoms with van der Waals surface area (Å²) in [6.07, 6.45) is 0. The Balaban J connectivity index is 2.00. The van der Waals surface area contributed by atoms with Crippen molar-refractivity contribution in [3.63, 3.8) is 0 Å². The molecule has 5 heteroatoms. The molecule has 2 rings (SSSR count). The SMILES string of the molecule is CCN(C)Cc1cccc(CNC(=O)c2sc(C(C)C)nc2C)c1. The zero-order valence-corrected chi connectivity index (χ0v) is 16.0. The van der Waals surface area contributed by atoms with Gasteiger partial charge in [0.2, 0.25) is 0 Å². The third kappa shape index (κ3) is 4.89. The van der Waals surface area contributed by atoms with Gasteiger partial charge in [0.25, 0.3) is 5.91 Å². The van der Waals surface area contributed by atoms with E-state index in [9.17, 15) is 4.79 Å². The monoisotopic (exact) mass is 345 g/mol. The zero-order valence-electron chi connectivity index (χ0n) is 15.2. The lowest BCUT2D eigenvalue weighted by Crippen LogP contribution is -2.23. The molecule has 4 nitrogen and oxygen atoms in total. The van der Waals surface area contributed by atoms with E-state index in [1.807, 2.05) is 6.92 Å². The van der Waals surface area contributed by atoms with Gasteiger partial charge < -0.3 is 10.2 Å². The van der Waals surface area contributed by atoms with Gasteiger partial charge in [-0.25, -0.2) is 4.98 Å². The highest BCUT2D eigenvalue weighted by Gasteiger charge is 2.16. The van der Waals surface area contributed by atoms with Gasteiger partial charge in [-0.15, -0.1) is 11.3 Å². The number of rotatable bonds is 7. The number of aryl methyl sites for hydroxylation is 1. The molecule has 24 heavy (non-hydrogen) atoms. The summed E-state index contributed by atoms with van der Waals surface area (Å²) in [4.78, 5) is 19.9. The van der Waals surface area contributed by atoms with Gasteiger partial charge in [0, 0.05) is 19.0 Å². The normalized spacial score (nSPS) is 11.3. The molecule has 0 saturated heterocycles. The Labute approximate surface area is 148 Å². The first-order valence-corrected chi connectivity index (χ1v) is 9.24. The Bertz CT molecular complexity index is 694. The van der Waals surface area contributed by atoms with Crippen molar-refractivity contribution in [1.82, 2.24) is 15.2 Å². The summed E-state index contributed by atoms with van der Waals surface area (Å²) in [5.74, 6) is 0.315. The van der Waals surface area contributed by atoms with Crippen molar-refractivity contribution < 1.29 is 4.79 Å². The summed E-state index contributed by atoms with van der Waals surface area (Å²) in [5, 5.41) is 4.04. The predicted octanol–water partition coefficient (Wildman–Crippen LogP) is 3.96. The molecule has 0 radical (unpaired) electrons. The van der Waals surface area contributed by atoms with E-state index in [0.29, 0.717) is 12.5 Å². The number of carbonyl (C=O) groups excluding carboxylic acids is 1. The summed E-state index contributed by atoms with van der Waals surface area (Å²) < 4.78 is 0. The predicted molar refractivity (Wildman–Crippen MR) is 101 cm³/mol. The average Bonchev–Trinajstić information content (AvgIpc) is 2.95. The molecule has 0 aliphatic heterocycles. The number of hydrogen-bond acceptors (Lipinski definition) is 4. The van der Waals surface area contributed by atoms with Crippen molar-refractivity contribution in [1.29, 1.82) is 0 Å². The second-order valence-corrected chi connectivity index (χ2v) is 7.49. The Hall–Kier alpha value is -1.72. The lowest BCUT2D eigenvalue weighted by molar-refractivity contribution is 0.0954. The fraction of sp³-hybridized carbons (Fsp3) is 0.474. The molecule has 0 spiro atoms. The molecule has 1 aromatic carbocycles. The Morgan fingerprint density at radius 2 is 2.04 bits per heavy atom. The number of carbonyl (C=O) groups is 1. The van der Waals surface area contributed by atoms with Crippen LogP contribution in [0.2, 0.25) is 0 Å². The van der Waals surface area contributed by atoms with Crippen LogP contribution in [-0.2, 0) is 13.1 Å². The van der Waals surface area contributed by atoms with E-state index in [-0.39, 0.29) is 5.91 Å². The number of hydrogen-bond donors (Lipinski definition) is 1. The summed E-state index contributed by atoms with van der Waals surface area (Å²) in [6, 6.07) is 8.38. The summed E-state index contributed by atoms with van der Waals surface area (Å²) in [7, 11) is 2.10. The first-order chi connectivity index (χ1) is 11.4. The molecular weight excluding hydrogens is 318 g/mol. The number of thiazole rings is 1. The fourth-order valence-electron chi connectivity index (χ4n) is 2.40. The van der Waals surface area contributed by atoms with Gasteiger partial charge in [0.1, 0.15) is 4.88 Å². The molecule has 0 atom stereocenters. The Kier molecular flexibility index (Phi) is 6.52. The number of amides is 1. The van der Waals surface area contributed by atoms with E-state index >= 15 is 0 Å². The third-order valence-electron chi connectivity index (χ3n) is 3.95. The first kappa shape index (κ1) is 18.6. The van der Waals surface area contributed by atoms with E-state index < -0.39 is 0 Å². The van der Waals surface area contributed by atoms with Crippen molar-refractivity contribution in [2.45, 2.75) is 46.7 Å². The highest BCUT2D eigenvalue weighted by atomic mass is 32.1. The molecule has 1 heterocycles. The maximum absolute atomic E-state index is 12.4. The highest BCUT2D eigenvalue weighted by Crippen LogP contribution is 2.24. The van der Waals surface area contributed by atoms with Crippen LogP contribution in [0.3, 0.4) is 0 Å². The minimum absolute atomic E-state index is 0.0343. The molecule has 0 bridgehead atoms. The van der Waals surface area contributed by atoms with Crippen molar-refractivity contribution >= 4 is 17.2 Å². The zero-order chi connectivity index (χ0) is 17.7. The molecule has 0 saturated carbocycles. The first-order valence-electron chi connectivity index (χ1n) is 8.42. The molecule has 0 aliphatic carbocycles. The van der Waals surface area contributed by atoms with Crippen LogP contribution in [-0.4, -0.2) is 29.4 Å². The summed E-state index contributed by atoms with van der Waals surface area (Å²) in [6.45, 7) is 10.7. The van der Waals surface area contributed by atoms with Crippen molar-refractivity contribution in [2.75, 3.05) is 13.6 Å².